The third-order valence-corrected chi connectivity index (χ3v) is 2.45. The predicted molar refractivity (Wildman–Crippen MR) is 38.4 cm³/mol. The van der Waals surface area contributed by atoms with Crippen LogP contribution >= 0.6 is 0 Å². The number of hydrogen-bond acceptors (Lipinski definition) is 3. The molecule has 0 amide bonds. The van der Waals surface area contributed by atoms with Gasteiger partial charge >= 0.3 is 5.97 Å². The third-order valence-electron chi connectivity index (χ3n) is 2.45. The van der Waals surface area contributed by atoms with E-state index in [9.17, 15) is 4.79 Å². The highest BCUT2D eigenvalue weighted by atomic mass is 16.6. The van der Waals surface area contributed by atoms with Crippen LogP contribution in [0.2, 0.25) is 0 Å². The molecular formula is C8H11NO2. The smallest absolute Gasteiger partial charge is 0.324 e. The van der Waals surface area contributed by atoms with E-state index in [1.807, 2.05) is 26.8 Å². The molecule has 0 aromatic carbocycles. The molecule has 1 rings (SSSR count). The normalized spacial score (nSPS) is 34.5. The maximum absolute atomic E-state index is 11.0. The van der Waals surface area contributed by atoms with E-state index < -0.39 is 5.92 Å². The van der Waals surface area contributed by atoms with Crippen LogP contribution in [0.1, 0.15) is 20.8 Å². The molecule has 1 heterocycles. The molecule has 0 spiro atoms. The van der Waals surface area contributed by atoms with Crippen molar-refractivity contribution in [3.63, 3.8) is 0 Å². The molecule has 3 heteroatoms. The van der Waals surface area contributed by atoms with Crippen LogP contribution < -0.4 is 0 Å². The third kappa shape index (κ3) is 0.988. The van der Waals surface area contributed by atoms with E-state index >= 15 is 0 Å². The molecular weight excluding hydrogens is 142 g/mol. The summed E-state index contributed by atoms with van der Waals surface area (Å²) in [5.41, 5.74) is -0.341. The average molecular weight is 153 g/mol. The van der Waals surface area contributed by atoms with Crippen LogP contribution in [0, 0.1) is 22.7 Å². The van der Waals surface area contributed by atoms with Gasteiger partial charge in [-0.3, -0.25) is 4.79 Å². The first-order valence-corrected chi connectivity index (χ1v) is 3.60. The minimum absolute atomic E-state index is 0.153. The van der Waals surface area contributed by atoms with E-state index in [0.717, 1.165) is 0 Å². The summed E-state index contributed by atoms with van der Waals surface area (Å²) in [5.74, 6) is -0.984. The fourth-order valence-electron chi connectivity index (χ4n) is 1.15. The Kier molecular flexibility index (Phi) is 1.63. The zero-order chi connectivity index (χ0) is 8.65. The number of esters is 1. The van der Waals surface area contributed by atoms with Crippen LogP contribution in [0.5, 0.6) is 0 Å². The van der Waals surface area contributed by atoms with E-state index in [0.29, 0.717) is 0 Å². The lowest BCUT2D eigenvalue weighted by atomic mass is 9.78. The molecule has 0 radical (unpaired) electrons. The highest BCUT2D eigenvalue weighted by Gasteiger charge is 2.49. The molecule has 1 unspecified atom stereocenters. The van der Waals surface area contributed by atoms with Crippen molar-refractivity contribution in [2.75, 3.05) is 0 Å². The number of nitriles is 1. The first-order valence-electron chi connectivity index (χ1n) is 3.60. The quantitative estimate of drug-likeness (QED) is 0.489. The Morgan fingerprint density at radius 2 is 2.18 bits per heavy atom. The number of nitrogens with zero attached hydrogens (tertiary/aromatic N) is 1. The number of carbonyl (C=O) groups is 1. The largest absolute Gasteiger partial charge is 0.461 e. The van der Waals surface area contributed by atoms with Gasteiger partial charge in [0.1, 0.15) is 6.10 Å². The van der Waals surface area contributed by atoms with E-state index in [-0.39, 0.29) is 17.5 Å². The lowest BCUT2D eigenvalue weighted by molar-refractivity contribution is -0.142. The highest BCUT2D eigenvalue weighted by molar-refractivity contribution is 5.78. The van der Waals surface area contributed by atoms with Gasteiger partial charge < -0.3 is 4.74 Å². The van der Waals surface area contributed by atoms with Gasteiger partial charge in [0.05, 0.1) is 6.07 Å². The molecule has 60 valence electrons. The van der Waals surface area contributed by atoms with Gasteiger partial charge in [0.2, 0.25) is 0 Å². The summed E-state index contributed by atoms with van der Waals surface area (Å²) >= 11 is 0. The molecule has 3 nitrogen and oxygen atoms in total. The Morgan fingerprint density at radius 1 is 1.64 bits per heavy atom. The first-order chi connectivity index (χ1) is 5.00. The molecule has 0 N–H and O–H groups in total. The first kappa shape index (κ1) is 8.06. The average Bonchev–Trinajstić information content (AvgIpc) is 2.04. The van der Waals surface area contributed by atoms with Crippen LogP contribution in [0.4, 0.5) is 0 Å². The molecule has 0 aromatic rings. The topological polar surface area (TPSA) is 50.1 Å². The van der Waals surface area contributed by atoms with Gasteiger partial charge in [-0.05, 0) is 6.92 Å². The molecule has 1 aliphatic heterocycles. The predicted octanol–water partition coefficient (Wildman–Crippen LogP) is 1.10. The van der Waals surface area contributed by atoms with Crippen molar-refractivity contribution in [3.05, 3.63) is 0 Å². The molecule has 1 saturated heterocycles. The van der Waals surface area contributed by atoms with Crippen molar-refractivity contribution in [3.8, 4) is 6.07 Å². The number of carbonyl (C=O) groups excluding carboxylic acids is 1. The van der Waals surface area contributed by atoms with Gasteiger partial charge in [-0.15, -0.1) is 0 Å². The van der Waals surface area contributed by atoms with Gasteiger partial charge in [0.25, 0.3) is 0 Å². The van der Waals surface area contributed by atoms with Gasteiger partial charge in [-0.1, -0.05) is 13.8 Å². The monoisotopic (exact) mass is 153 g/mol. The maximum Gasteiger partial charge on any atom is 0.324 e. The Bertz CT molecular complexity index is 227. The summed E-state index contributed by atoms with van der Waals surface area (Å²) in [5, 5.41) is 8.64. The Morgan fingerprint density at radius 3 is 2.36 bits per heavy atom. The molecule has 0 saturated carbocycles. The zero-order valence-corrected chi connectivity index (χ0v) is 6.92. The van der Waals surface area contributed by atoms with Crippen LogP contribution in [0.25, 0.3) is 0 Å². The number of hydrogen-bond donors (Lipinski definition) is 0. The molecule has 0 bridgehead atoms. The van der Waals surface area contributed by atoms with E-state index in [1.54, 1.807) is 0 Å². The Balaban J connectivity index is 2.96. The Labute approximate surface area is 66.0 Å². The minimum atomic E-state index is -0.600. The van der Waals surface area contributed by atoms with Crippen molar-refractivity contribution in [2.45, 2.75) is 26.9 Å². The number of rotatable bonds is 0. The van der Waals surface area contributed by atoms with Gasteiger partial charge in [-0.2, -0.15) is 5.26 Å². The Hall–Kier alpha value is -1.04. The van der Waals surface area contributed by atoms with Gasteiger partial charge in [-0.25, -0.2) is 0 Å². The molecule has 0 aliphatic carbocycles. The maximum atomic E-state index is 11.0. The van der Waals surface area contributed by atoms with Crippen molar-refractivity contribution < 1.29 is 9.53 Å². The molecule has 2 atom stereocenters. The second kappa shape index (κ2) is 2.23. The molecule has 1 fully saturated rings. The zero-order valence-electron chi connectivity index (χ0n) is 6.92. The van der Waals surface area contributed by atoms with E-state index in [1.165, 1.54) is 0 Å². The second-order valence-corrected chi connectivity index (χ2v) is 3.46. The van der Waals surface area contributed by atoms with Gasteiger partial charge in [0, 0.05) is 5.41 Å². The minimum Gasteiger partial charge on any atom is -0.461 e. The number of ether oxygens (including phenoxy) is 1. The highest BCUT2D eigenvalue weighted by Crippen LogP contribution is 2.39. The van der Waals surface area contributed by atoms with Crippen molar-refractivity contribution >= 4 is 5.97 Å². The summed E-state index contributed by atoms with van der Waals surface area (Å²) in [6.07, 6.45) is -0.153. The van der Waals surface area contributed by atoms with E-state index in [4.69, 9.17) is 10.00 Å². The SMILES string of the molecule is C[C@H]1OC(=O)C(C#N)C1(C)C. The van der Waals surface area contributed by atoms with Crippen LogP contribution in [0.3, 0.4) is 0 Å². The van der Waals surface area contributed by atoms with Crippen molar-refractivity contribution in [1.29, 1.82) is 5.26 Å². The fraction of sp³-hybridized carbons (Fsp3) is 0.750. The van der Waals surface area contributed by atoms with Gasteiger partial charge in [0.15, 0.2) is 5.92 Å². The molecule has 0 aromatic heterocycles. The number of cyclic esters (lactones) is 1. The van der Waals surface area contributed by atoms with Crippen LogP contribution in [0.15, 0.2) is 0 Å². The van der Waals surface area contributed by atoms with Crippen LogP contribution in [-0.4, -0.2) is 12.1 Å². The summed E-state index contributed by atoms with van der Waals surface area (Å²) < 4.78 is 4.92. The summed E-state index contributed by atoms with van der Waals surface area (Å²) in [4.78, 5) is 11.0. The fourth-order valence-corrected chi connectivity index (χ4v) is 1.15. The lowest BCUT2D eigenvalue weighted by Gasteiger charge is -2.21. The lowest BCUT2D eigenvalue weighted by Crippen LogP contribution is -2.27. The summed E-state index contributed by atoms with van der Waals surface area (Å²) in [7, 11) is 0. The van der Waals surface area contributed by atoms with E-state index in [2.05, 4.69) is 0 Å². The second-order valence-electron chi connectivity index (χ2n) is 3.46. The van der Waals surface area contributed by atoms with Crippen molar-refractivity contribution in [2.24, 2.45) is 11.3 Å². The van der Waals surface area contributed by atoms with Crippen LogP contribution in [-0.2, 0) is 9.53 Å². The molecule has 11 heavy (non-hydrogen) atoms. The summed E-state index contributed by atoms with van der Waals surface area (Å²) in [6.45, 7) is 5.56. The van der Waals surface area contributed by atoms with Crippen molar-refractivity contribution in [1.82, 2.24) is 0 Å². The standard InChI is InChI=1S/C8H11NO2/c1-5-8(2,3)6(4-9)7(10)11-5/h5-6H,1-3H3/t5-,6?/m1/s1. The summed E-state index contributed by atoms with van der Waals surface area (Å²) in [6, 6.07) is 1.96. The molecule has 1 aliphatic rings.